The van der Waals surface area contributed by atoms with E-state index in [-0.39, 0.29) is 18.0 Å². The molecule has 0 unspecified atom stereocenters. The van der Waals surface area contributed by atoms with Crippen LogP contribution in [0.2, 0.25) is 0 Å². The Morgan fingerprint density at radius 1 is 1.21 bits per heavy atom. The Balaban J connectivity index is 1.99. The third-order valence-corrected chi connectivity index (χ3v) is 4.16. The second-order valence-corrected chi connectivity index (χ2v) is 7.20. The van der Waals surface area contributed by atoms with Gasteiger partial charge in [0.15, 0.2) is 0 Å². The van der Waals surface area contributed by atoms with Crippen LogP contribution < -0.4 is 10.6 Å². The van der Waals surface area contributed by atoms with Crippen LogP contribution in [0.3, 0.4) is 0 Å². The maximum Gasteiger partial charge on any atom is 0.237 e. The lowest BCUT2D eigenvalue weighted by atomic mass is 10.1. The molecule has 24 heavy (non-hydrogen) atoms. The van der Waals surface area contributed by atoms with Crippen LogP contribution >= 0.6 is 0 Å². The molecule has 1 aromatic carbocycles. The van der Waals surface area contributed by atoms with Gasteiger partial charge in [-0.25, -0.2) is 0 Å². The fourth-order valence-corrected chi connectivity index (χ4v) is 3.24. The van der Waals surface area contributed by atoms with Crippen molar-refractivity contribution in [2.45, 2.75) is 58.3 Å². The van der Waals surface area contributed by atoms with E-state index in [0.29, 0.717) is 12.1 Å². The minimum absolute atomic E-state index is 0.0518. The molecule has 1 saturated heterocycles. The van der Waals surface area contributed by atoms with Crippen molar-refractivity contribution >= 4 is 12.0 Å². The SMILES string of the molecule is CC(C)NC(=O)[C@@H]1C[C@H](NC(C)C)CN1C/C=C/c1ccccc1. The summed E-state index contributed by atoms with van der Waals surface area (Å²) in [5, 5.41) is 6.64. The van der Waals surface area contributed by atoms with Crippen molar-refractivity contribution in [3.8, 4) is 0 Å². The van der Waals surface area contributed by atoms with E-state index >= 15 is 0 Å². The molecule has 4 heteroatoms. The number of hydrogen-bond acceptors (Lipinski definition) is 3. The first-order valence-corrected chi connectivity index (χ1v) is 8.97. The third-order valence-electron chi connectivity index (χ3n) is 4.16. The van der Waals surface area contributed by atoms with Crippen LogP contribution in [0.15, 0.2) is 36.4 Å². The number of carbonyl (C=O) groups is 1. The second kappa shape index (κ2) is 9.00. The Labute approximate surface area is 146 Å². The van der Waals surface area contributed by atoms with Crippen LogP contribution in [0.5, 0.6) is 0 Å². The van der Waals surface area contributed by atoms with Crippen LogP contribution in [-0.4, -0.2) is 48.1 Å². The van der Waals surface area contributed by atoms with Crippen molar-refractivity contribution < 1.29 is 4.79 Å². The minimum atomic E-state index is -0.0518. The van der Waals surface area contributed by atoms with E-state index in [1.54, 1.807) is 0 Å². The van der Waals surface area contributed by atoms with Crippen molar-refractivity contribution in [3.63, 3.8) is 0 Å². The molecule has 2 atom stereocenters. The number of likely N-dealkylation sites (tertiary alicyclic amines) is 1. The molecule has 2 N–H and O–H groups in total. The molecule has 1 amide bonds. The highest BCUT2D eigenvalue weighted by molar-refractivity contribution is 5.82. The van der Waals surface area contributed by atoms with E-state index in [0.717, 1.165) is 19.5 Å². The first kappa shape index (κ1) is 18.7. The summed E-state index contributed by atoms with van der Waals surface area (Å²) in [6.07, 6.45) is 5.15. The molecule has 1 aromatic rings. The zero-order valence-corrected chi connectivity index (χ0v) is 15.3. The standard InChI is InChI=1S/C20H31N3O/c1-15(2)21-18-13-19(20(24)22-16(3)4)23(14-18)12-8-11-17-9-6-5-7-10-17/h5-11,15-16,18-19,21H,12-14H2,1-4H3,(H,22,24)/b11-8+/t18-,19-/m0/s1. The highest BCUT2D eigenvalue weighted by atomic mass is 16.2. The van der Waals surface area contributed by atoms with Gasteiger partial charge in [0.1, 0.15) is 0 Å². The number of amides is 1. The minimum Gasteiger partial charge on any atom is -0.353 e. The molecule has 0 aromatic heterocycles. The summed E-state index contributed by atoms with van der Waals surface area (Å²) in [6, 6.07) is 11.2. The quantitative estimate of drug-likeness (QED) is 0.808. The molecule has 2 rings (SSSR count). The zero-order valence-electron chi connectivity index (χ0n) is 15.3. The van der Waals surface area contributed by atoms with Gasteiger partial charge in [0.05, 0.1) is 6.04 Å². The fraction of sp³-hybridized carbons (Fsp3) is 0.550. The smallest absolute Gasteiger partial charge is 0.237 e. The van der Waals surface area contributed by atoms with Gasteiger partial charge in [-0.3, -0.25) is 9.69 Å². The predicted molar refractivity (Wildman–Crippen MR) is 101 cm³/mol. The van der Waals surface area contributed by atoms with Crippen LogP contribution in [0.4, 0.5) is 0 Å². The lowest BCUT2D eigenvalue weighted by molar-refractivity contribution is -0.125. The summed E-state index contributed by atoms with van der Waals surface area (Å²) in [5.74, 6) is 0.145. The summed E-state index contributed by atoms with van der Waals surface area (Å²) < 4.78 is 0. The van der Waals surface area contributed by atoms with E-state index < -0.39 is 0 Å². The van der Waals surface area contributed by atoms with Gasteiger partial charge in [0.25, 0.3) is 0 Å². The van der Waals surface area contributed by atoms with Crippen molar-refractivity contribution in [1.82, 2.24) is 15.5 Å². The number of hydrogen-bond donors (Lipinski definition) is 2. The summed E-state index contributed by atoms with van der Waals surface area (Å²) in [5.41, 5.74) is 1.19. The second-order valence-electron chi connectivity index (χ2n) is 7.20. The first-order chi connectivity index (χ1) is 11.5. The number of rotatable bonds is 7. The molecular weight excluding hydrogens is 298 g/mol. The Morgan fingerprint density at radius 3 is 2.54 bits per heavy atom. The predicted octanol–water partition coefficient (Wildman–Crippen LogP) is 2.67. The average Bonchev–Trinajstić information content (AvgIpc) is 2.90. The molecule has 4 nitrogen and oxygen atoms in total. The Morgan fingerprint density at radius 2 is 1.92 bits per heavy atom. The topological polar surface area (TPSA) is 44.4 Å². The maximum atomic E-state index is 12.5. The van der Waals surface area contributed by atoms with Crippen LogP contribution in [0.25, 0.3) is 6.08 Å². The van der Waals surface area contributed by atoms with E-state index in [1.807, 2.05) is 32.0 Å². The monoisotopic (exact) mass is 329 g/mol. The molecule has 0 saturated carbocycles. The van der Waals surface area contributed by atoms with Crippen molar-refractivity contribution in [1.29, 1.82) is 0 Å². The molecule has 1 aliphatic heterocycles. The summed E-state index contributed by atoms with van der Waals surface area (Å²) in [4.78, 5) is 14.8. The first-order valence-electron chi connectivity index (χ1n) is 8.97. The molecule has 1 heterocycles. The largest absolute Gasteiger partial charge is 0.353 e. The number of nitrogens with zero attached hydrogens (tertiary/aromatic N) is 1. The summed E-state index contributed by atoms with van der Waals surface area (Å²) in [6.45, 7) is 10.0. The third kappa shape index (κ3) is 5.77. The Hall–Kier alpha value is -1.65. The molecule has 0 aliphatic carbocycles. The Bertz CT molecular complexity index is 539. The van der Waals surface area contributed by atoms with Gasteiger partial charge in [-0.05, 0) is 25.8 Å². The van der Waals surface area contributed by atoms with Gasteiger partial charge in [-0.2, -0.15) is 0 Å². The molecule has 1 fully saturated rings. The molecular formula is C20H31N3O. The Kier molecular flexibility index (Phi) is 7.00. The van der Waals surface area contributed by atoms with E-state index in [9.17, 15) is 4.79 Å². The highest BCUT2D eigenvalue weighted by Gasteiger charge is 2.36. The van der Waals surface area contributed by atoms with Gasteiger partial charge in [0.2, 0.25) is 5.91 Å². The number of carbonyl (C=O) groups excluding carboxylic acids is 1. The normalized spacial score (nSPS) is 21.9. The van der Waals surface area contributed by atoms with Gasteiger partial charge < -0.3 is 10.6 Å². The van der Waals surface area contributed by atoms with Crippen LogP contribution in [-0.2, 0) is 4.79 Å². The molecule has 0 spiro atoms. The highest BCUT2D eigenvalue weighted by Crippen LogP contribution is 2.19. The molecule has 132 valence electrons. The van der Waals surface area contributed by atoms with Crippen LogP contribution in [0.1, 0.15) is 39.7 Å². The van der Waals surface area contributed by atoms with Crippen molar-refractivity contribution in [3.05, 3.63) is 42.0 Å². The molecule has 1 aliphatic rings. The van der Waals surface area contributed by atoms with Crippen molar-refractivity contribution in [2.24, 2.45) is 0 Å². The molecule has 0 bridgehead atoms. The zero-order chi connectivity index (χ0) is 17.5. The van der Waals surface area contributed by atoms with Gasteiger partial charge >= 0.3 is 0 Å². The molecule has 0 radical (unpaired) electrons. The van der Waals surface area contributed by atoms with E-state index in [1.165, 1.54) is 5.56 Å². The van der Waals surface area contributed by atoms with Crippen molar-refractivity contribution in [2.75, 3.05) is 13.1 Å². The van der Waals surface area contributed by atoms with E-state index in [2.05, 4.69) is 53.7 Å². The maximum absolute atomic E-state index is 12.5. The number of benzene rings is 1. The van der Waals surface area contributed by atoms with Gasteiger partial charge in [-0.1, -0.05) is 56.3 Å². The number of nitrogens with one attached hydrogen (secondary N) is 2. The average molecular weight is 329 g/mol. The summed E-state index contributed by atoms with van der Waals surface area (Å²) >= 11 is 0. The lowest BCUT2D eigenvalue weighted by Gasteiger charge is -2.23. The fourth-order valence-electron chi connectivity index (χ4n) is 3.24. The van der Waals surface area contributed by atoms with Gasteiger partial charge in [-0.15, -0.1) is 0 Å². The lowest BCUT2D eigenvalue weighted by Crippen LogP contribution is -2.45. The van der Waals surface area contributed by atoms with E-state index in [4.69, 9.17) is 0 Å². The van der Waals surface area contributed by atoms with Crippen LogP contribution in [0, 0.1) is 0 Å². The summed E-state index contributed by atoms with van der Waals surface area (Å²) in [7, 11) is 0. The van der Waals surface area contributed by atoms with Gasteiger partial charge in [0, 0.05) is 31.2 Å².